The summed E-state index contributed by atoms with van der Waals surface area (Å²) in [6.07, 6.45) is 0.543. The third kappa shape index (κ3) is 2.82. The molecule has 0 radical (unpaired) electrons. The Labute approximate surface area is 165 Å². The molecule has 0 N–H and O–H groups in total. The van der Waals surface area contributed by atoms with Crippen LogP contribution in [0.1, 0.15) is 42.3 Å². The minimum atomic E-state index is -0.316. The fraction of sp³-hybridized carbons (Fsp3) is 0.208. The quantitative estimate of drug-likeness (QED) is 0.623. The maximum absolute atomic E-state index is 6.44. The number of hydrazone groups is 1. The van der Waals surface area contributed by atoms with Crippen LogP contribution in [0, 0.1) is 0 Å². The second kappa shape index (κ2) is 7.04. The van der Waals surface area contributed by atoms with E-state index in [1.165, 1.54) is 5.56 Å². The Bertz CT molecular complexity index is 1020. The van der Waals surface area contributed by atoms with Crippen molar-refractivity contribution in [2.24, 2.45) is 5.10 Å². The first-order valence-corrected chi connectivity index (χ1v) is 9.73. The van der Waals surface area contributed by atoms with Crippen molar-refractivity contribution in [2.45, 2.75) is 25.6 Å². The number of nitrogens with zero attached hydrogens (tertiary/aromatic N) is 2. The summed E-state index contributed by atoms with van der Waals surface area (Å²) in [5.41, 5.74) is 4.43. The van der Waals surface area contributed by atoms with Crippen molar-refractivity contribution in [3.8, 4) is 11.5 Å². The fourth-order valence-electron chi connectivity index (χ4n) is 4.02. The second-order valence-corrected chi connectivity index (χ2v) is 6.99. The van der Waals surface area contributed by atoms with Crippen LogP contribution in [0.5, 0.6) is 11.5 Å². The molecule has 2 atom stereocenters. The van der Waals surface area contributed by atoms with E-state index in [0.717, 1.165) is 34.8 Å². The van der Waals surface area contributed by atoms with Gasteiger partial charge in [-0.2, -0.15) is 5.10 Å². The molecule has 0 aliphatic carbocycles. The highest BCUT2D eigenvalue weighted by molar-refractivity contribution is 6.01. The van der Waals surface area contributed by atoms with Crippen LogP contribution < -0.4 is 9.47 Å². The smallest absolute Gasteiger partial charge is 0.217 e. The first-order valence-electron chi connectivity index (χ1n) is 9.73. The van der Waals surface area contributed by atoms with Crippen LogP contribution in [0.25, 0.3) is 0 Å². The van der Waals surface area contributed by atoms with Crippen LogP contribution in [0.4, 0.5) is 0 Å². The molecular weight excluding hydrogens is 348 g/mol. The molecule has 5 rings (SSSR count). The van der Waals surface area contributed by atoms with Crippen molar-refractivity contribution in [3.05, 3.63) is 95.6 Å². The van der Waals surface area contributed by atoms with Crippen LogP contribution in [0.2, 0.25) is 0 Å². The number of benzene rings is 3. The lowest BCUT2D eigenvalue weighted by Crippen LogP contribution is -2.34. The van der Waals surface area contributed by atoms with Gasteiger partial charge in [0.05, 0.1) is 23.9 Å². The van der Waals surface area contributed by atoms with Gasteiger partial charge in [0.25, 0.3) is 0 Å². The maximum atomic E-state index is 6.44. The SMILES string of the molecule is CCOc1ccccc1[C@H]1Oc2ccccc2[C@H]2CC(c3ccccc3)=NN21. The van der Waals surface area contributed by atoms with E-state index < -0.39 is 0 Å². The number of hydrogen-bond acceptors (Lipinski definition) is 4. The third-order valence-corrected chi connectivity index (χ3v) is 5.29. The lowest BCUT2D eigenvalue weighted by atomic mass is 9.96. The van der Waals surface area contributed by atoms with Crippen molar-refractivity contribution in [1.29, 1.82) is 0 Å². The summed E-state index contributed by atoms with van der Waals surface area (Å²) in [6.45, 7) is 2.61. The van der Waals surface area contributed by atoms with Crippen LogP contribution in [0.3, 0.4) is 0 Å². The van der Waals surface area contributed by atoms with E-state index >= 15 is 0 Å². The molecule has 0 bridgehead atoms. The predicted octanol–water partition coefficient (Wildman–Crippen LogP) is 5.33. The van der Waals surface area contributed by atoms with E-state index in [1.54, 1.807) is 0 Å². The zero-order valence-electron chi connectivity index (χ0n) is 15.8. The molecule has 0 saturated heterocycles. The lowest BCUT2D eigenvalue weighted by Gasteiger charge is -2.38. The molecule has 0 aromatic heterocycles. The summed E-state index contributed by atoms with van der Waals surface area (Å²) in [5.74, 6) is 1.76. The summed E-state index contributed by atoms with van der Waals surface area (Å²) in [7, 11) is 0. The summed E-state index contributed by atoms with van der Waals surface area (Å²) in [4.78, 5) is 0. The van der Waals surface area contributed by atoms with Crippen LogP contribution in [-0.2, 0) is 0 Å². The molecule has 2 aliphatic rings. The van der Waals surface area contributed by atoms with Gasteiger partial charge >= 0.3 is 0 Å². The first-order chi connectivity index (χ1) is 13.8. The van der Waals surface area contributed by atoms with Crippen LogP contribution in [0.15, 0.2) is 84.0 Å². The summed E-state index contributed by atoms with van der Waals surface area (Å²) in [6, 6.07) is 26.9. The Hall–Kier alpha value is -3.27. The van der Waals surface area contributed by atoms with Gasteiger partial charge < -0.3 is 9.47 Å². The van der Waals surface area contributed by atoms with Crippen molar-refractivity contribution in [3.63, 3.8) is 0 Å². The zero-order valence-corrected chi connectivity index (χ0v) is 15.8. The van der Waals surface area contributed by atoms with Crippen molar-refractivity contribution in [1.82, 2.24) is 5.01 Å². The Morgan fingerprint density at radius 3 is 2.46 bits per heavy atom. The average Bonchev–Trinajstić information content (AvgIpc) is 3.20. The number of rotatable bonds is 4. The molecule has 0 saturated carbocycles. The molecular formula is C24H22N2O2. The molecule has 4 nitrogen and oxygen atoms in total. The highest BCUT2D eigenvalue weighted by Gasteiger charge is 2.41. The van der Waals surface area contributed by atoms with Gasteiger partial charge in [0, 0.05) is 12.0 Å². The van der Waals surface area contributed by atoms with Gasteiger partial charge in [0.15, 0.2) is 0 Å². The van der Waals surface area contributed by atoms with Gasteiger partial charge in [-0.1, -0.05) is 60.7 Å². The standard InChI is InChI=1S/C24H22N2O2/c1-2-27-22-14-8-7-13-19(22)24-26-21(18-12-6-9-15-23(18)28-24)16-20(25-26)17-10-4-3-5-11-17/h3-15,21,24H,2,16H2,1H3/t21-,24-/m1/s1. The predicted molar refractivity (Wildman–Crippen MR) is 110 cm³/mol. The molecule has 140 valence electrons. The van der Waals surface area contributed by atoms with Gasteiger partial charge in [-0.05, 0) is 30.7 Å². The molecule has 3 aromatic rings. The Morgan fingerprint density at radius 1 is 0.929 bits per heavy atom. The fourth-order valence-corrected chi connectivity index (χ4v) is 4.02. The highest BCUT2D eigenvalue weighted by Crippen LogP contribution is 2.48. The molecule has 0 unspecified atom stereocenters. The Morgan fingerprint density at radius 2 is 1.64 bits per heavy atom. The van der Waals surface area contributed by atoms with E-state index in [4.69, 9.17) is 14.6 Å². The van der Waals surface area contributed by atoms with Crippen LogP contribution in [-0.4, -0.2) is 17.3 Å². The van der Waals surface area contributed by atoms with Gasteiger partial charge in [-0.25, -0.2) is 5.01 Å². The van der Waals surface area contributed by atoms with Crippen molar-refractivity contribution in [2.75, 3.05) is 6.61 Å². The summed E-state index contributed by atoms with van der Waals surface area (Å²) in [5, 5.41) is 7.11. The van der Waals surface area contributed by atoms with E-state index in [1.807, 2.05) is 43.3 Å². The van der Waals surface area contributed by atoms with Gasteiger partial charge in [0.1, 0.15) is 11.5 Å². The number of ether oxygens (including phenoxy) is 2. The summed E-state index contributed by atoms with van der Waals surface area (Å²) < 4.78 is 12.3. The topological polar surface area (TPSA) is 34.1 Å². The molecule has 0 spiro atoms. The zero-order chi connectivity index (χ0) is 18.9. The maximum Gasteiger partial charge on any atom is 0.217 e. The Kier molecular flexibility index (Phi) is 4.24. The van der Waals surface area contributed by atoms with Gasteiger partial charge in [0.2, 0.25) is 6.23 Å². The minimum absolute atomic E-state index is 0.153. The molecule has 2 aliphatic heterocycles. The molecule has 0 amide bonds. The number of hydrogen-bond donors (Lipinski definition) is 0. The molecule has 0 fully saturated rings. The molecule has 3 aromatic carbocycles. The molecule has 2 heterocycles. The van der Waals surface area contributed by atoms with E-state index in [9.17, 15) is 0 Å². The van der Waals surface area contributed by atoms with E-state index in [2.05, 4.69) is 47.5 Å². The highest BCUT2D eigenvalue weighted by atomic mass is 16.5. The van der Waals surface area contributed by atoms with E-state index in [0.29, 0.717) is 6.61 Å². The largest absolute Gasteiger partial charge is 0.493 e. The minimum Gasteiger partial charge on any atom is -0.493 e. The van der Waals surface area contributed by atoms with Crippen molar-refractivity contribution < 1.29 is 9.47 Å². The molecule has 4 heteroatoms. The third-order valence-electron chi connectivity index (χ3n) is 5.29. The number of fused-ring (bicyclic) bond motifs is 3. The average molecular weight is 370 g/mol. The molecule has 28 heavy (non-hydrogen) atoms. The normalized spacial score (nSPS) is 20.0. The first kappa shape index (κ1) is 16.9. The summed E-state index contributed by atoms with van der Waals surface area (Å²) >= 11 is 0. The van der Waals surface area contributed by atoms with Crippen molar-refractivity contribution >= 4 is 5.71 Å². The monoisotopic (exact) mass is 370 g/mol. The van der Waals surface area contributed by atoms with E-state index in [-0.39, 0.29) is 12.3 Å². The van der Waals surface area contributed by atoms with Crippen LogP contribution >= 0.6 is 0 Å². The Balaban J connectivity index is 1.61. The second-order valence-electron chi connectivity index (χ2n) is 6.99. The van der Waals surface area contributed by atoms with Gasteiger partial charge in [-0.15, -0.1) is 0 Å². The lowest BCUT2D eigenvalue weighted by molar-refractivity contribution is -0.0205. The van der Waals surface area contributed by atoms with Gasteiger partial charge in [-0.3, -0.25) is 0 Å². The number of para-hydroxylation sites is 2.